The third kappa shape index (κ3) is 8.52. The van der Waals surface area contributed by atoms with Crippen molar-refractivity contribution in [2.75, 3.05) is 39.3 Å². The lowest BCUT2D eigenvalue weighted by atomic mass is 10.1. The Bertz CT molecular complexity index is 1600. The number of carbonyl (C=O) groups excluding carboxylic acids is 2. The summed E-state index contributed by atoms with van der Waals surface area (Å²) in [5, 5.41) is 3.13. The minimum Gasteiger partial charge on any atom is -0.497 e. The average Bonchev–Trinajstić information content (AvgIpc) is 3.04. The zero-order valence-electron chi connectivity index (χ0n) is 26.5. The molecular weight excluding hydrogens is 622 g/mol. The molecule has 3 rings (SSSR count). The Morgan fingerprint density at radius 2 is 1.53 bits per heavy atom. The van der Waals surface area contributed by atoms with Crippen molar-refractivity contribution in [3.63, 3.8) is 0 Å². The number of halogens is 1. The van der Waals surface area contributed by atoms with Gasteiger partial charge in [0.1, 0.15) is 24.1 Å². The fourth-order valence-corrected chi connectivity index (χ4v) is 6.09. The molecule has 0 saturated carbocycles. The quantitative estimate of drug-likeness (QED) is 0.244. The molecule has 2 amide bonds. The highest BCUT2D eigenvalue weighted by Gasteiger charge is 2.34. The maximum Gasteiger partial charge on any atom is 0.265 e. The number of carbonyl (C=O) groups is 2. The van der Waals surface area contributed by atoms with E-state index in [4.69, 9.17) is 30.5 Å². The largest absolute Gasteiger partial charge is 0.497 e. The van der Waals surface area contributed by atoms with Crippen LogP contribution in [0, 0.1) is 0 Å². The third-order valence-electron chi connectivity index (χ3n) is 7.29. The first-order valence-corrected chi connectivity index (χ1v) is 16.0. The molecule has 45 heavy (non-hydrogen) atoms. The Morgan fingerprint density at radius 1 is 0.867 bits per heavy atom. The lowest BCUT2D eigenvalue weighted by Gasteiger charge is -2.33. The summed E-state index contributed by atoms with van der Waals surface area (Å²) in [5.74, 6) is 0.213. The van der Waals surface area contributed by atoms with Gasteiger partial charge < -0.3 is 29.2 Å². The van der Waals surface area contributed by atoms with Crippen molar-refractivity contribution >= 4 is 39.1 Å². The van der Waals surface area contributed by atoms with E-state index in [2.05, 4.69) is 5.32 Å². The molecule has 0 saturated heterocycles. The fraction of sp³-hybridized carbons (Fsp3) is 0.375. The molecule has 3 aromatic rings. The number of ether oxygens (including phenoxy) is 4. The van der Waals surface area contributed by atoms with Gasteiger partial charge >= 0.3 is 0 Å². The molecule has 0 radical (unpaired) electrons. The second-order valence-electron chi connectivity index (χ2n) is 10.2. The molecule has 244 valence electrons. The van der Waals surface area contributed by atoms with Gasteiger partial charge in [-0.15, -0.1) is 0 Å². The first kappa shape index (κ1) is 35.3. The minimum atomic E-state index is -4.45. The van der Waals surface area contributed by atoms with Crippen LogP contribution in [0.3, 0.4) is 0 Å². The third-order valence-corrected chi connectivity index (χ3v) is 9.28. The smallest absolute Gasteiger partial charge is 0.265 e. The highest BCUT2D eigenvalue weighted by molar-refractivity contribution is 7.92. The predicted octanol–water partition coefficient (Wildman–Crippen LogP) is 4.90. The Balaban J connectivity index is 2.15. The molecule has 3 aromatic carbocycles. The number of rotatable bonds is 15. The van der Waals surface area contributed by atoms with E-state index in [0.717, 1.165) is 4.31 Å². The minimum absolute atomic E-state index is 0.00204. The highest BCUT2D eigenvalue weighted by atomic mass is 35.5. The molecule has 0 spiro atoms. The number of benzene rings is 3. The molecule has 0 aliphatic carbocycles. The maximum atomic E-state index is 14.3. The Kier molecular flexibility index (Phi) is 12.3. The van der Waals surface area contributed by atoms with Crippen LogP contribution in [0.1, 0.15) is 32.8 Å². The molecule has 13 heteroatoms. The zero-order chi connectivity index (χ0) is 33.3. The van der Waals surface area contributed by atoms with E-state index in [1.807, 2.05) is 13.8 Å². The van der Waals surface area contributed by atoms with Gasteiger partial charge in [0, 0.05) is 23.7 Å². The monoisotopic (exact) mass is 661 g/mol. The summed E-state index contributed by atoms with van der Waals surface area (Å²) in [5.41, 5.74) is 0.715. The second kappa shape index (κ2) is 15.7. The van der Waals surface area contributed by atoms with Crippen LogP contribution in [-0.4, -0.2) is 72.2 Å². The van der Waals surface area contributed by atoms with Crippen LogP contribution < -0.4 is 28.6 Å². The molecule has 0 aliphatic heterocycles. The van der Waals surface area contributed by atoms with Crippen LogP contribution in [0.2, 0.25) is 5.02 Å². The molecule has 0 aromatic heterocycles. The Hall–Kier alpha value is -4.16. The molecule has 1 N–H and O–H groups in total. The number of hydrogen-bond donors (Lipinski definition) is 1. The fourth-order valence-electron chi connectivity index (χ4n) is 4.49. The summed E-state index contributed by atoms with van der Waals surface area (Å²) in [6, 6.07) is 14.5. The first-order chi connectivity index (χ1) is 21.4. The first-order valence-electron chi connectivity index (χ1n) is 14.2. The maximum absolute atomic E-state index is 14.3. The van der Waals surface area contributed by atoms with Gasteiger partial charge in [-0.25, -0.2) is 8.42 Å². The molecule has 2 atom stereocenters. The standard InChI is InChI=1S/C32H40ClN3O8S/c1-8-21(2)34-32(38)22(3)35(19-23-10-9-11-25(16-23)41-4)31(37)20-36(27-17-24(33)12-14-28(27)42-5)45(39,40)26-13-15-29(43-6)30(18-26)44-7/h9-18,21-22H,8,19-20H2,1-7H3,(H,34,38)/t21-,22+/m1/s1. The van der Waals surface area contributed by atoms with E-state index < -0.39 is 28.5 Å². The second-order valence-corrected chi connectivity index (χ2v) is 12.5. The number of methoxy groups -OCH3 is 4. The van der Waals surface area contributed by atoms with Gasteiger partial charge in [0.05, 0.1) is 39.0 Å². The van der Waals surface area contributed by atoms with E-state index in [9.17, 15) is 18.0 Å². The highest BCUT2D eigenvalue weighted by Crippen LogP contribution is 2.37. The summed E-state index contributed by atoms with van der Waals surface area (Å²) < 4.78 is 51.0. The van der Waals surface area contributed by atoms with Crippen LogP contribution in [0.15, 0.2) is 65.6 Å². The van der Waals surface area contributed by atoms with Gasteiger partial charge in [-0.05, 0) is 68.3 Å². The number of anilines is 1. The van der Waals surface area contributed by atoms with Crippen molar-refractivity contribution < 1.29 is 37.0 Å². The Labute approximate surface area is 270 Å². The molecule has 0 heterocycles. The molecular formula is C32H40ClN3O8S. The molecule has 0 unspecified atom stereocenters. The summed E-state index contributed by atoms with van der Waals surface area (Å²) in [6.07, 6.45) is 0.689. The van der Waals surface area contributed by atoms with Gasteiger partial charge in [0.2, 0.25) is 11.8 Å². The van der Waals surface area contributed by atoms with E-state index >= 15 is 0 Å². The van der Waals surface area contributed by atoms with Gasteiger partial charge in [-0.1, -0.05) is 30.7 Å². The molecule has 0 fully saturated rings. The number of sulfonamides is 1. The van der Waals surface area contributed by atoms with Crippen LogP contribution in [0.4, 0.5) is 5.69 Å². The van der Waals surface area contributed by atoms with Gasteiger partial charge in [0.25, 0.3) is 10.0 Å². The van der Waals surface area contributed by atoms with E-state index in [-0.39, 0.29) is 45.6 Å². The zero-order valence-corrected chi connectivity index (χ0v) is 28.1. The van der Waals surface area contributed by atoms with Crippen molar-refractivity contribution in [1.82, 2.24) is 10.2 Å². The molecule has 0 bridgehead atoms. The predicted molar refractivity (Wildman–Crippen MR) is 173 cm³/mol. The van der Waals surface area contributed by atoms with Crippen LogP contribution in [-0.2, 0) is 26.2 Å². The summed E-state index contributed by atoms with van der Waals surface area (Å²) in [7, 11) is 1.28. The molecule has 11 nitrogen and oxygen atoms in total. The van der Waals surface area contributed by atoms with Crippen LogP contribution in [0.5, 0.6) is 23.0 Å². The van der Waals surface area contributed by atoms with Crippen LogP contribution in [0.25, 0.3) is 0 Å². The van der Waals surface area contributed by atoms with Crippen molar-refractivity contribution in [3.05, 3.63) is 71.2 Å². The Morgan fingerprint density at radius 3 is 2.16 bits per heavy atom. The number of amides is 2. The summed E-state index contributed by atoms with van der Waals surface area (Å²) in [4.78, 5) is 28.7. The SMILES string of the molecule is CC[C@@H](C)NC(=O)[C@H](C)N(Cc1cccc(OC)c1)C(=O)CN(c1cc(Cl)ccc1OC)S(=O)(=O)c1ccc(OC)c(OC)c1. The average molecular weight is 662 g/mol. The number of nitrogens with one attached hydrogen (secondary N) is 1. The van der Waals surface area contributed by atoms with Gasteiger partial charge in [0.15, 0.2) is 11.5 Å². The molecule has 0 aliphatic rings. The normalized spacial score (nSPS) is 12.4. The van der Waals surface area contributed by atoms with Gasteiger partial charge in [-0.2, -0.15) is 0 Å². The van der Waals surface area contributed by atoms with E-state index in [1.54, 1.807) is 37.3 Å². The summed E-state index contributed by atoms with van der Waals surface area (Å²) in [6.45, 7) is 4.72. The van der Waals surface area contributed by atoms with Gasteiger partial charge in [-0.3, -0.25) is 13.9 Å². The van der Waals surface area contributed by atoms with Crippen molar-refractivity contribution in [1.29, 1.82) is 0 Å². The topological polar surface area (TPSA) is 124 Å². The van der Waals surface area contributed by atoms with E-state index in [1.165, 1.54) is 63.7 Å². The van der Waals surface area contributed by atoms with Crippen molar-refractivity contribution in [2.24, 2.45) is 0 Å². The van der Waals surface area contributed by atoms with Crippen molar-refractivity contribution in [3.8, 4) is 23.0 Å². The van der Waals surface area contributed by atoms with E-state index in [0.29, 0.717) is 23.5 Å². The summed E-state index contributed by atoms with van der Waals surface area (Å²) >= 11 is 6.32. The number of nitrogens with zero attached hydrogens (tertiary/aromatic N) is 2. The lowest BCUT2D eigenvalue weighted by molar-refractivity contribution is -0.139. The number of hydrogen-bond acceptors (Lipinski definition) is 8. The van der Waals surface area contributed by atoms with Crippen molar-refractivity contribution in [2.45, 2.75) is 50.7 Å². The van der Waals surface area contributed by atoms with Crippen LogP contribution >= 0.6 is 11.6 Å². The lowest BCUT2D eigenvalue weighted by Crippen LogP contribution is -2.52.